The van der Waals surface area contributed by atoms with E-state index in [1.54, 1.807) is 6.07 Å². The van der Waals surface area contributed by atoms with E-state index in [9.17, 15) is 4.39 Å². The Hall–Kier alpha value is -0.870. The Morgan fingerprint density at radius 1 is 1.47 bits per heavy atom. The zero-order valence-electron chi connectivity index (χ0n) is 10.6. The summed E-state index contributed by atoms with van der Waals surface area (Å²) < 4.78 is 19.2. The van der Waals surface area contributed by atoms with Crippen molar-refractivity contribution in [1.29, 1.82) is 0 Å². The molecule has 0 unspecified atom stereocenters. The van der Waals surface area contributed by atoms with E-state index in [0.29, 0.717) is 12.2 Å². The molecule has 0 spiro atoms. The summed E-state index contributed by atoms with van der Waals surface area (Å²) in [6.45, 7) is 4.38. The van der Waals surface area contributed by atoms with Gasteiger partial charge in [-0.2, -0.15) is 0 Å². The van der Waals surface area contributed by atoms with E-state index in [4.69, 9.17) is 16.3 Å². The third-order valence-corrected chi connectivity index (χ3v) is 3.14. The minimum Gasteiger partial charge on any atom is -0.474 e. The Morgan fingerprint density at radius 2 is 2.12 bits per heavy atom. The number of aromatic nitrogens is 1. The highest BCUT2D eigenvalue weighted by Crippen LogP contribution is 2.20. The van der Waals surface area contributed by atoms with Crippen molar-refractivity contribution in [2.45, 2.75) is 25.3 Å². The van der Waals surface area contributed by atoms with E-state index >= 15 is 0 Å². The lowest BCUT2D eigenvalue weighted by atomic mass is 10.1. The fraction of sp³-hybridized carbons (Fsp3) is 0.583. The van der Waals surface area contributed by atoms with Crippen LogP contribution in [-0.4, -0.2) is 36.1 Å². The summed E-state index contributed by atoms with van der Waals surface area (Å²) in [6, 6.07) is 1.55. The van der Waals surface area contributed by atoms with Gasteiger partial charge in [-0.3, -0.25) is 0 Å². The Bertz CT molecular complexity index is 383. The van der Waals surface area contributed by atoms with Gasteiger partial charge in [-0.1, -0.05) is 0 Å². The third-order valence-electron chi connectivity index (χ3n) is 2.85. The molecule has 1 aromatic heterocycles. The molecule has 0 aliphatic rings. The lowest BCUT2D eigenvalue weighted by molar-refractivity contribution is 0.108. The van der Waals surface area contributed by atoms with Crippen LogP contribution in [0.2, 0.25) is 0 Å². The summed E-state index contributed by atoms with van der Waals surface area (Å²) in [4.78, 5) is 5.89. The number of hydrogen-bond donors (Lipinski definition) is 0. The summed E-state index contributed by atoms with van der Waals surface area (Å²) in [7, 11) is 3.89. The van der Waals surface area contributed by atoms with Crippen molar-refractivity contribution in [1.82, 2.24) is 9.88 Å². The Labute approximate surface area is 107 Å². The molecule has 0 N–H and O–H groups in total. The topological polar surface area (TPSA) is 25.4 Å². The number of rotatable bonds is 5. The monoisotopic (exact) mass is 260 g/mol. The van der Waals surface area contributed by atoms with Crippen LogP contribution in [0.5, 0.6) is 5.88 Å². The second-order valence-electron chi connectivity index (χ2n) is 4.72. The fourth-order valence-electron chi connectivity index (χ4n) is 1.04. The van der Waals surface area contributed by atoms with E-state index in [1.807, 2.05) is 32.8 Å². The van der Waals surface area contributed by atoms with Crippen LogP contribution >= 0.6 is 11.6 Å². The zero-order valence-corrected chi connectivity index (χ0v) is 11.4. The third kappa shape index (κ3) is 3.54. The first-order valence-corrected chi connectivity index (χ1v) is 5.91. The van der Waals surface area contributed by atoms with E-state index in [2.05, 4.69) is 4.98 Å². The minimum atomic E-state index is -0.475. The van der Waals surface area contributed by atoms with Crippen molar-refractivity contribution >= 4 is 11.6 Å². The number of halogens is 2. The molecular formula is C12H18ClFN2O. The standard InChI is InChI=1S/C12H18ClFN2O/c1-12(2,16(3)4)8-17-11-10(14)9(7-13)5-6-15-11/h5-6H,7-8H2,1-4H3. The summed E-state index contributed by atoms with van der Waals surface area (Å²) in [5, 5.41) is 0. The molecule has 0 saturated heterocycles. The SMILES string of the molecule is CN(C)C(C)(C)COc1nccc(CCl)c1F. The molecule has 96 valence electrons. The van der Waals surface area contributed by atoms with Crippen molar-refractivity contribution in [3.05, 3.63) is 23.6 Å². The highest BCUT2D eigenvalue weighted by molar-refractivity contribution is 6.17. The van der Waals surface area contributed by atoms with Gasteiger partial charge in [0.05, 0.1) is 5.88 Å². The van der Waals surface area contributed by atoms with Gasteiger partial charge in [0.1, 0.15) is 6.61 Å². The number of nitrogens with zero attached hydrogens (tertiary/aromatic N) is 2. The van der Waals surface area contributed by atoms with Gasteiger partial charge in [0.15, 0.2) is 5.82 Å². The molecule has 0 atom stereocenters. The van der Waals surface area contributed by atoms with Crippen LogP contribution in [0.25, 0.3) is 0 Å². The first kappa shape index (κ1) is 14.2. The molecule has 0 fully saturated rings. The van der Waals surface area contributed by atoms with Gasteiger partial charge < -0.3 is 9.64 Å². The number of alkyl halides is 1. The van der Waals surface area contributed by atoms with Crippen LogP contribution in [0, 0.1) is 5.82 Å². The molecule has 0 saturated carbocycles. The normalized spacial score (nSPS) is 11.9. The molecule has 0 aliphatic heterocycles. The highest BCUT2D eigenvalue weighted by atomic mass is 35.5. The molecule has 3 nitrogen and oxygen atoms in total. The van der Waals surface area contributed by atoms with Crippen LogP contribution in [0.15, 0.2) is 12.3 Å². The van der Waals surface area contributed by atoms with Gasteiger partial charge in [0, 0.05) is 17.3 Å². The van der Waals surface area contributed by atoms with Gasteiger partial charge in [0.2, 0.25) is 0 Å². The molecule has 1 heterocycles. The van der Waals surface area contributed by atoms with Gasteiger partial charge in [-0.05, 0) is 34.0 Å². The zero-order chi connectivity index (χ0) is 13.1. The van der Waals surface area contributed by atoms with Gasteiger partial charge in [-0.25, -0.2) is 9.37 Å². The average Bonchev–Trinajstić information content (AvgIpc) is 2.27. The molecule has 0 aromatic carbocycles. The largest absolute Gasteiger partial charge is 0.474 e. The second-order valence-corrected chi connectivity index (χ2v) is 4.99. The van der Waals surface area contributed by atoms with Gasteiger partial charge >= 0.3 is 0 Å². The smallest absolute Gasteiger partial charge is 0.250 e. The van der Waals surface area contributed by atoms with Crippen LogP contribution in [0.1, 0.15) is 19.4 Å². The predicted molar refractivity (Wildman–Crippen MR) is 67.0 cm³/mol. The van der Waals surface area contributed by atoms with E-state index in [0.717, 1.165) is 0 Å². The molecule has 0 bridgehead atoms. The number of hydrogen-bond acceptors (Lipinski definition) is 3. The molecule has 1 rings (SSSR count). The maximum atomic E-state index is 13.8. The van der Waals surface area contributed by atoms with Crippen molar-refractivity contribution in [3.8, 4) is 5.88 Å². The maximum absolute atomic E-state index is 13.8. The molecular weight excluding hydrogens is 243 g/mol. The average molecular weight is 261 g/mol. The van der Waals surface area contributed by atoms with E-state index in [1.165, 1.54) is 6.20 Å². The van der Waals surface area contributed by atoms with Crippen LogP contribution in [0.4, 0.5) is 4.39 Å². The van der Waals surface area contributed by atoms with Crippen molar-refractivity contribution in [2.75, 3.05) is 20.7 Å². The number of ether oxygens (including phenoxy) is 1. The number of pyridine rings is 1. The van der Waals surface area contributed by atoms with E-state index in [-0.39, 0.29) is 17.3 Å². The molecule has 0 aliphatic carbocycles. The first-order valence-electron chi connectivity index (χ1n) is 5.38. The lowest BCUT2D eigenvalue weighted by Gasteiger charge is -2.31. The quantitative estimate of drug-likeness (QED) is 0.761. The summed E-state index contributed by atoms with van der Waals surface area (Å²) >= 11 is 5.61. The van der Waals surface area contributed by atoms with Crippen molar-refractivity contribution in [2.24, 2.45) is 0 Å². The van der Waals surface area contributed by atoms with E-state index < -0.39 is 5.82 Å². The second kappa shape index (κ2) is 5.65. The Morgan fingerprint density at radius 3 is 2.65 bits per heavy atom. The maximum Gasteiger partial charge on any atom is 0.250 e. The molecule has 0 amide bonds. The molecule has 5 heteroatoms. The fourth-order valence-corrected chi connectivity index (χ4v) is 1.25. The summed E-state index contributed by atoms with van der Waals surface area (Å²) in [6.07, 6.45) is 1.50. The highest BCUT2D eigenvalue weighted by Gasteiger charge is 2.22. The first-order chi connectivity index (χ1) is 7.88. The van der Waals surface area contributed by atoms with Crippen LogP contribution in [0.3, 0.4) is 0 Å². The number of likely N-dealkylation sites (N-methyl/N-ethyl adjacent to an activating group) is 1. The van der Waals surface area contributed by atoms with Crippen molar-refractivity contribution < 1.29 is 9.13 Å². The van der Waals surface area contributed by atoms with Gasteiger partial charge in [0.25, 0.3) is 5.88 Å². The molecule has 17 heavy (non-hydrogen) atoms. The predicted octanol–water partition coefficient (Wildman–Crippen LogP) is 2.68. The Kier molecular flexibility index (Phi) is 4.71. The summed E-state index contributed by atoms with van der Waals surface area (Å²) in [5.41, 5.74) is 0.213. The summed E-state index contributed by atoms with van der Waals surface area (Å²) in [5.74, 6) is -0.350. The van der Waals surface area contributed by atoms with Crippen LogP contribution < -0.4 is 4.74 Å². The minimum absolute atomic E-state index is 0.0121. The van der Waals surface area contributed by atoms with Gasteiger partial charge in [-0.15, -0.1) is 11.6 Å². The Balaban J connectivity index is 2.76. The molecule has 1 aromatic rings. The lowest BCUT2D eigenvalue weighted by Crippen LogP contribution is -2.43. The van der Waals surface area contributed by atoms with Crippen LogP contribution in [-0.2, 0) is 5.88 Å². The van der Waals surface area contributed by atoms with Crippen molar-refractivity contribution in [3.63, 3.8) is 0 Å². The molecule has 0 radical (unpaired) electrons.